The SMILES string of the molecule is C/C=C\c1ccc2cccnc2c1[NH-].CC#N.COC(=O)c1cc(-c2ccccn2)[c-]c(-c2ccccn2)c1.[Os+2]. The van der Waals surface area contributed by atoms with Crippen molar-refractivity contribution in [3.05, 3.63) is 120 Å². The van der Waals surface area contributed by atoms with Gasteiger partial charge >= 0.3 is 25.8 Å². The summed E-state index contributed by atoms with van der Waals surface area (Å²) in [6, 6.07) is 27.5. The van der Waals surface area contributed by atoms with Gasteiger partial charge in [0.1, 0.15) is 0 Å². The zero-order valence-electron chi connectivity index (χ0n) is 22.3. The van der Waals surface area contributed by atoms with Crippen molar-refractivity contribution < 1.29 is 29.3 Å². The van der Waals surface area contributed by atoms with E-state index < -0.39 is 5.97 Å². The van der Waals surface area contributed by atoms with E-state index in [1.54, 1.807) is 36.8 Å². The molecule has 0 fully saturated rings. The van der Waals surface area contributed by atoms with Crippen LogP contribution in [-0.4, -0.2) is 28.0 Å². The van der Waals surface area contributed by atoms with Gasteiger partial charge in [-0.2, -0.15) is 5.26 Å². The number of esters is 1. The summed E-state index contributed by atoms with van der Waals surface area (Å²) in [6.45, 7) is 3.38. The average molecular weight is 704 g/mol. The van der Waals surface area contributed by atoms with Crippen LogP contribution in [0.5, 0.6) is 0 Å². The molecule has 7 nitrogen and oxygen atoms in total. The molecule has 0 unspecified atom stereocenters. The average Bonchev–Trinajstić information content (AvgIpc) is 3.00. The van der Waals surface area contributed by atoms with Crippen LogP contribution in [0.4, 0.5) is 5.69 Å². The summed E-state index contributed by atoms with van der Waals surface area (Å²) >= 11 is 0. The first-order chi connectivity index (χ1) is 19.0. The first-order valence-corrected chi connectivity index (χ1v) is 12.0. The number of methoxy groups -OCH3 is 1. The molecule has 1 N–H and O–H groups in total. The van der Waals surface area contributed by atoms with Crippen LogP contribution in [0.2, 0.25) is 0 Å². The van der Waals surface area contributed by atoms with Gasteiger partial charge in [-0.25, -0.2) is 4.79 Å². The number of carbonyl (C=O) groups excluding carboxylic acids is 1. The van der Waals surface area contributed by atoms with Crippen molar-refractivity contribution in [1.29, 1.82) is 5.26 Å². The molecule has 0 saturated heterocycles. The zero-order valence-corrected chi connectivity index (χ0v) is 24.8. The number of fused-ring (bicyclic) bond motifs is 1. The molecule has 5 rings (SSSR count). The van der Waals surface area contributed by atoms with Gasteiger partial charge in [0.15, 0.2) is 0 Å². The third-order valence-corrected chi connectivity index (χ3v) is 5.32. The number of rotatable bonds is 4. The molecule has 0 radical (unpaired) electrons. The van der Waals surface area contributed by atoms with Gasteiger partial charge in [-0.1, -0.05) is 65.7 Å². The molecule has 0 aliphatic rings. The third kappa shape index (κ3) is 8.40. The molecule has 0 spiro atoms. The normalized spacial score (nSPS) is 9.75. The van der Waals surface area contributed by atoms with Crippen molar-refractivity contribution in [2.45, 2.75) is 13.8 Å². The Morgan fingerprint density at radius 1 is 0.925 bits per heavy atom. The molecule has 8 heteroatoms. The fraction of sp³-hybridized carbons (Fsp3) is 0.0938. The minimum atomic E-state index is -0.400. The molecule has 200 valence electrons. The van der Waals surface area contributed by atoms with Gasteiger partial charge in [-0.05, 0) is 41.6 Å². The van der Waals surface area contributed by atoms with Gasteiger partial charge < -0.3 is 10.5 Å². The summed E-state index contributed by atoms with van der Waals surface area (Å²) in [7, 11) is 1.36. The predicted octanol–water partition coefficient (Wildman–Crippen LogP) is 7.88. The van der Waals surface area contributed by atoms with E-state index in [1.165, 1.54) is 14.0 Å². The fourth-order valence-electron chi connectivity index (χ4n) is 3.60. The van der Waals surface area contributed by atoms with Crippen molar-refractivity contribution in [1.82, 2.24) is 15.0 Å². The molecular weight excluding hydrogens is 677 g/mol. The van der Waals surface area contributed by atoms with E-state index in [2.05, 4.69) is 21.0 Å². The topological polar surface area (TPSA) is 113 Å². The monoisotopic (exact) mass is 705 g/mol. The first-order valence-electron chi connectivity index (χ1n) is 12.0. The van der Waals surface area contributed by atoms with E-state index >= 15 is 0 Å². The minimum absolute atomic E-state index is 0. The standard InChI is InChI=1S/C18H13N2O2.C12H11N2.C2H3N.Os/c1-22-18(21)15-11-13(16-6-2-4-8-19-16)10-14(12-15)17-7-3-5-9-20-17;1-2-4-9-6-7-10-5-3-8-14-12(10)11(9)13;1-2-3;/h2-9,11-12H,1H3;2-8,13H,1H3;1H3;/q2*-1;;+2/b;4-2-;;. The molecule has 3 aromatic heterocycles. The quantitative estimate of drug-likeness (QED) is 0.139. The number of hydrogen-bond acceptors (Lipinski definition) is 6. The molecule has 2 aromatic carbocycles. The van der Waals surface area contributed by atoms with Crippen LogP contribution in [0.3, 0.4) is 0 Å². The summed E-state index contributed by atoms with van der Waals surface area (Å²) in [5, 5.41) is 8.34. The Labute approximate surface area is 247 Å². The third-order valence-electron chi connectivity index (χ3n) is 5.32. The predicted molar refractivity (Wildman–Crippen MR) is 155 cm³/mol. The first kappa shape index (κ1) is 31.5. The Morgan fingerprint density at radius 3 is 2.00 bits per heavy atom. The van der Waals surface area contributed by atoms with Gasteiger partial charge in [0.2, 0.25) is 0 Å². The van der Waals surface area contributed by atoms with Gasteiger partial charge in [0.05, 0.1) is 18.7 Å². The number of nitrogens with one attached hydrogen (secondary N) is 1. The van der Waals surface area contributed by atoms with Crippen LogP contribution in [0, 0.1) is 17.4 Å². The Balaban J connectivity index is 0.000000268. The Morgan fingerprint density at radius 2 is 1.50 bits per heavy atom. The summed E-state index contributed by atoms with van der Waals surface area (Å²) in [4.78, 5) is 24.7. The smallest absolute Gasteiger partial charge is 0.696 e. The van der Waals surface area contributed by atoms with Gasteiger partial charge in [-0.15, -0.1) is 23.9 Å². The molecule has 3 heterocycles. The number of aromatic nitrogens is 3. The maximum absolute atomic E-state index is 11.9. The maximum atomic E-state index is 11.9. The molecule has 5 aromatic rings. The second-order valence-corrected chi connectivity index (χ2v) is 7.95. The van der Waals surface area contributed by atoms with Crippen molar-refractivity contribution in [3.63, 3.8) is 0 Å². The van der Waals surface area contributed by atoms with E-state index in [0.717, 1.165) is 39.0 Å². The number of benzene rings is 2. The number of hydrogen-bond donors (Lipinski definition) is 0. The summed E-state index contributed by atoms with van der Waals surface area (Å²) in [5.74, 6) is -0.400. The Hall–Kier alpha value is -4.71. The van der Waals surface area contributed by atoms with Crippen LogP contribution in [0.15, 0.2) is 97.5 Å². The Kier molecular flexibility index (Phi) is 12.8. The van der Waals surface area contributed by atoms with Gasteiger partial charge in [0.25, 0.3) is 0 Å². The largest absolute Gasteiger partial charge is 2.00 e. The minimum Gasteiger partial charge on any atom is -0.696 e. The summed E-state index contributed by atoms with van der Waals surface area (Å²) < 4.78 is 4.82. The molecule has 40 heavy (non-hydrogen) atoms. The van der Waals surface area contributed by atoms with Crippen LogP contribution in [-0.2, 0) is 24.5 Å². The Bertz CT molecular complexity index is 1540. The fourth-order valence-corrected chi connectivity index (χ4v) is 3.60. The van der Waals surface area contributed by atoms with Gasteiger partial charge in [0, 0.05) is 36.9 Å². The van der Waals surface area contributed by atoms with Crippen LogP contribution in [0.25, 0.3) is 45.2 Å². The number of carbonyl (C=O) groups is 1. The molecule has 0 bridgehead atoms. The van der Waals surface area contributed by atoms with E-state index in [0.29, 0.717) is 11.3 Å². The number of ether oxygens (including phenoxy) is 1. The van der Waals surface area contributed by atoms with Crippen LogP contribution < -0.4 is 0 Å². The van der Waals surface area contributed by atoms with Crippen molar-refractivity contribution >= 4 is 28.6 Å². The van der Waals surface area contributed by atoms with E-state index in [9.17, 15) is 4.79 Å². The van der Waals surface area contributed by atoms with Crippen LogP contribution >= 0.6 is 0 Å². The second kappa shape index (κ2) is 16.3. The number of pyridine rings is 3. The van der Waals surface area contributed by atoms with Gasteiger partial charge in [-0.3, -0.25) is 15.0 Å². The molecule has 0 saturated carbocycles. The van der Waals surface area contributed by atoms with E-state index in [1.807, 2.05) is 79.7 Å². The molecule has 0 aliphatic carbocycles. The number of nitriles is 1. The summed E-state index contributed by atoms with van der Waals surface area (Å²) in [6.07, 6.45) is 8.99. The maximum Gasteiger partial charge on any atom is 2.00 e. The number of nitrogens with zero attached hydrogens (tertiary/aromatic N) is 4. The number of allylic oxidation sites excluding steroid dienone is 1. The van der Waals surface area contributed by atoms with Crippen molar-refractivity contribution in [3.8, 4) is 28.6 Å². The molecule has 0 atom stereocenters. The molecule has 0 aliphatic heterocycles. The second-order valence-electron chi connectivity index (χ2n) is 7.95. The zero-order chi connectivity index (χ0) is 28.0. The van der Waals surface area contributed by atoms with Crippen LogP contribution in [0.1, 0.15) is 29.8 Å². The van der Waals surface area contributed by atoms with E-state index in [-0.39, 0.29) is 19.8 Å². The molecule has 0 amide bonds. The molecular formula is C32H27N5O2Os. The van der Waals surface area contributed by atoms with Crippen molar-refractivity contribution in [2.75, 3.05) is 7.11 Å². The summed E-state index contributed by atoms with van der Waals surface area (Å²) in [5.41, 5.74) is 13.5. The van der Waals surface area contributed by atoms with Crippen molar-refractivity contribution in [2.24, 2.45) is 0 Å². The van der Waals surface area contributed by atoms with E-state index in [4.69, 9.17) is 15.7 Å².